The predicted molar refractivity (Wildman–Crippen MR) is 110 cm³/mol. The summed E-state index contributed by atoms with van der Waals surface area (Å²) in [5.74, 6) is 0. The molecule has 146 valence electrons. The molecule has 24 heavy (non-hydrogen) atoms. The van der Waals surface area contributed by atoms with E-state index in [0.717, 1.165) is 12.8 Å². The number of hydrogen-bond acceptors (Lipinski definition) is 3. The third-order valence-corrected chi connectivity index (χ3v) is 5.59. The summed E-state index contributed by atoms with van der Waals surface area (Å²) in [6.07, 6.45) is 22.3. The first-order valence-electron chi connectivity index (χ1n) is 10.7. The van der Waals surface area contributed by atoms with Crippen LogP contribution < -0.4 is 0 Å². The van der Waals surface area contributed by atoms with Gasteiger partial charge in [-0.1, -0.05) is 110 Å². The Bertz CT molecular complexity index is 236. The number of rotatable bonds is 19. The van der Waals surface area contributed by atoms with Gasteiger partial charge >= 0.3 is 0 Å². The topological polar surface area (TPSA) is 40.5 Å². The summed E-state index contributed by atoms with van der Waals surface area (Å²) in [6.45, 7) is 2.11. The van der Waals surface area contributed by atoms with Gasteiger partial charge in [-0.25, -0.2) is 0 Å². The second kappa shape index (κ2) is 19.6. The summed E-state index contributed by atoms with van der Waals surface area (Å²) in [6, 6.07) is 0. The van der Waals surface area contributed by atoms with Gasteiger partial charge in [0.1, 0.15) is 0 Å². The molecule has 0 radical (unpaired) electrons. The fourth-order valence-electron chi connectivity index (χ4n) is 3.22. The van der Waals surface area contributed by atoms with E-state index in [2.05, 4.69) is 19.6 Å². The van der Waals surface area contributed by atoms with E-state index >= 15 is 0 Å². The first-order valence-corrected chi connectivity index (χ1v) is 11.2. The Morgan fingerprint density at radius 2 is 0.958 bits per heavy atom. The van der Waals surface area contributed by atoms with Crippen molar-refractivity contribution < 1.29 is 10.2 Å². The highest BCUT2D eigenvalue weighted by atomic mass is 32.1. The molecule has 3 heteroatoms. The van der Waals surface area contributed by atoms with Crippen molar-refractivity contribution in [2.75, 3.05) is 6.61 Å². The van der Waals surface area contributed by atoms with Crippen LogP contribution >= 0.6 is 12.6 Å². The maximum atomic E-state index is 9.43. The van der Waals surface area contributed by atoms with E-state index in [-0.39, 0.29) is 11.9 Å². The summed E-state index contributed by atoms with van der Waals surface area (Å²) in [5.41, 5.74) is 0. The summed E-state index contributed by atoms with van der Waals surface area (Å²) < 4.78 is 0. The minimum absolute atomic E-state index is 0.0679. The van der Waals surface area contributed by atoms with Crippen LogP contribution in [0.25, 0.3) is 0 Å². The number of aliphatic hydroxyl groups excluding tert-OH is 2. The maximum Gasteiger partial charge on any atom is 0.0886 e. The van der Waals surface area contributed by atoms with Crippen molar-refractivity contribution in [3.8, 4) is 0 Å². The number of thiol groups is 1. The molecule has 0 aliphatic heterocycles. The van der Waals surface area contributed by atoms with E-state index in [4.69, 9.17) is 5.11 Å². The van der Waals surface area contributed by atoms with Crippen molar-refractivity contribution >= 4 is 12.6 Å². The van der Waals surface area contributed by atoms with Crippen LogP contribution in [-0.2, 0) is 0 Å². The molecule has 0 heterocycles. The molecule has 0 fully saturated rings. The third-order valence-electron chi connectivity index (χ3n) is 4.98. The Balaban J connectivity index is 3.08. The highest BCUT2D eigenvalue weighted by molar-refractivity contribution is 7.81. The first kappa shape index (κ1) is 24.3. The first-order chi connectivity index (χ1) is 11.7. The molecule has 0 aliphatic rings. The van der Waals surface area contributed by atoms with Gasteiger partial charge in [-0.2, -0.15) is 12.6 Å². The zero-order chi connectivity index (χ0) is 17.9. The van der Waals surface area contributed by atoms with E-state index in [1.807, 2.05) is 0 Å². The fraction of sp³-hybridized carbons (Fsp3) is 1.00. The monoisotopic (exact) mass is 360 g/mol. The number of hydrogen-bond donors (Lipinski definition) is 3. The lowest BCUT2D eigenvalue weighted by Crippen LogP contribution is -2.24. The summed E-state index contributed by atoms with van der Waals surface area (Å²) in [5, 5.41) is 18.2. The standard InChI is InChI=1S/C21H44O2S/c1-2-3-4-5-6-7-8-9-10-11-12-13-14-15-16-17-18-21(24)20(23)19-22/h20-24H,2-19H2,1H3. The van der Waals surface area contributed by atoms with Crippen LogP contribution in [0, 0.1) is 0 Å². The number of aliphatic hydroxyl groups is 2. The SMILES string of the molecule is CCCCCCCCCCCCCCCCCCC(S)C(O)CO. The van der Waals surface area contributed by atoms with Gasteiger partial charge in [0.25, 0.3) is 0 Å². The molecule has 0 aliphatic carbocycles. The second-order valence-electron chi connectivity index (χ2n) is 7.41. The summed E-state index contributed by atoms with van der Waals surface area (Å²) in [7, 11) is 0. The lowest BCUT2D eigenvalue weighted by Gasteiger charge is -2.15. The average molecular weight is 361 g/mol. The van der Waals surface area contributed by atoms with E-state index < -0.39 is 6.10 Å². The predicted octanol–water partition coefficient (Wildman–Crippen LogP) is 6.29. The highest BCUT2D eigenvalue weighted by Gasteiger charge is 2.12. The van der Waals surface area contributed by atoms with Crippen molar-refractivity contribution in [1.29, 1.82) is 0 Å². The zero-order valence-corrected chi connectivity index (χ0v) is 17.1. The lowest BCUT2D eigenvalue weighted by atomic mass is 10.0. The maximum absolute atomic E-state index is 9.43. The minimum atomic E-state index is -0.662. The van der Waals surface area contributed by atoms with Crippen molar-refractivity contribution in [2.45, 2.75) is 127 Å². The van der Waals surface area contributed by atoms with Crippen molar-refractivity contribution in [3.05, 3.63) is 0 Å². The second-order valence-corrected chi connectivity index (χ2v) is 8.07. The van der Waals surface area contributed by atoms with Gasteiger partial charge in [0, 0.05) is 5.25 Å². The molecule has 2 nitrogen and oxygen atoms in total. The van der Waals surface area contributed by atoms with Crippen molar-refractivity contribution in [3.63, 3.8) is 0 Å². The molecule has 2 N–H and O–H groups in total. The zero-order valence-electron chi connectivity index (χ0n) is 16.2. The van der Waals surface area contributed by atoms with Gasteiger partial charge < -0.3 is 10.2 Å². The normalized spacial score (nSPS) is 14.0. The molecule has 0 spiro atoms. The molecule has 0 saturated heterocycles. The van der Waals surface area contributed by atoms with E-state index in [0.29, 0.717) is 0 Å². The Kier molecular flexibility index (Phi) is 19.8. The molecular formula is C21H44O2S. The lowest BCUT2D eigenvalue weighted by molar-refractivity contribution is 0.0912. The van der Waals surface area contributed by atoms with Crippen LogP contribution in [0.4, 0.5) is 0 Å². The van der Waals surface area contributed by atoms with Gasteiger partial charge in [-0.3, -0.25) is 0 Å². The van der Waals surface area contributed by atoms with Crippen molar-refractivity contribution in [2.24, 2.45) is 0 Å². The van der Waals surface area contributed by atoms with Crippen LogP contribution in [0.15, 0.2) is 0 Å². The van der Waals surface area contributed by atoms with E-state index in [1.54, 1.807) is 0 Å². The molecule has 2 atom stereocenters. The Hall–Kier alpha value is 0.270. The van der Waals surface area contributed by atoms with Gasteiger partial charge in [0.05, 0.1) is 12.7 Å². The quantitative estimate of drug-likeness (QED) is 0.187. The molecule has 0 saturated carbocycles. The smallest absolute Gasteiger partial charge is 0.0886 e. The molecule has 2 unspecified atom stereocenters. The molecule has 0 amide bonds. The van der Waals surface area contributed by atoms with Gasteiger partial charge in [0.2, 0.25) is 0 Å². The Morgan fingerprint density at radius 3 is 1.29 bits per heavy atom. The van der Waals surface area contributed by atoms with Gasteiger partial charge in [-0.05, 0) is 6.42 Å². The summed E-state index contributed by atoms with van der Waals surface area (Å²) in [4.78, 5) is 0. The Morgan fingerprint density at radius 1 is 0.625 bits per heavy atom. The minimum Gasteiger partial charge on any atom is -0.394 e. The summed E-state index contributed by atoms with van der Waals surface area (Å²) >= 11 is 4.32. The van der Waals surface area contributed by atoms with Crippen LogP contribution in [0.3, 0.4) is 0 Å². The third kappa shape index (κ3) is 17.1. The van der Waals surface area contributed by atoms with E-state index in [1.165, 1.54) is 96.3 Å². The van der Waals surface area contributed by atoms with Crippen molar-refractivity contribution in [1.82, 2.24) is 0 Å². The largest absolute Gasteiger partial charge is 0.394 e. The van der Waals surface area contributed by atoms with Crippen LogP contribution in [0.2, 0.25) is 0 Å². The molecule has 0 aromatic rings. The molecule has 0 aromatic carbocycles. The van der Waals surface area contributed by atoms with Crippen LogP contribution in [-0.4, -0.2) is 28.2 Å². The van der Waals surface area contributed by atoms with Crippen LogP contribution in [0.5, 0.6) is 0 Å². The molecule has 0 rings (SSSR count). The average Bonchev–Trinajstić information content (AvgIpc) is 2.60. The van der Waals surface area contributed by atoms with Crippen LogP contribution in [0.1, 0.15) is 116 Å². The molecule has 0 aromatic heterocycles. The molecule has 0 bridgehead atoms. The molecular weight excluding hydrogens is 316 g/mol. The van der Waals surface area contributed by atoms with Gasteiger partial charge in [0.15, 0.2) is 0 Å². The van der Waals surface area contributed by atoms with E-state index in [9.17, 15) is 5.11 Å². The highest BCUT2D eigenvalue weighted by Crippen LogP contribution is 2.16. The fourth-order valence-corrected chi connectivity index (χ4v) is 3.49. The number of unbranched alkanes of at least 4 members (excludes halogenated alkanes) is 15. The Labute approximate surface area is 157 Å². The van der Waals surface area contributed by atoms with Gasteiger partial charge in [-0.15, -0.1) is 0 Å².